The lowest BCUT2D eigenvalue weighted by molar-refractivity contribution is 0.289. The number of aryl methyl sites for hydroxylation is 1. The first kappa shape index (κ1) is 15.6. The summed E-state index contributed by atoms with van der Waals surface area (Å²) in [5.74, 6) is 1.61. The third-order valence-electron chi connectivity index (χ3n) is 3.52. The van der Waals surface area contributed by atoms with Crippen molar-refractivity contribution in [3.05, 3.63) is 36.8 Å². The fourth-order valence-corrected chi connectivity index (χ4v) is 2.11. The molecule has 0 fully saturated rings. The van der Waals surface area contributed by atoms with E-state index < -0.39 is 0 Å². The molecule has 2 rings (SSSR count). The Morgan fingerprint density at radius 1 is 1.19 bits per heavy atom. The third kappa shape index (κ3) is 4.92. The van der Waals surface area contributed by atoms with E-state index in [0.717, 1.165) is 36.6 Å². The highest BCUT2D eigenvalue weighted by molar-refractivity contribution is 5.59. The Kier molecular flexibility index (Phi) is 5.85. The molecule has 0 amide bonds. The maximum atomic E-state index is 5.74. The van der Waals surface area contributed by atoms with Crippen molar-refractivity contribution in [3.63, 3.8) is 0 Å². The van der Waals surface area contributed by atoms with Gasteiger partial charge >= 0.3 is 0 Å². The van der Waals surface area contributed by atoms with Gasteiger partial charge in [0.25, 0.3) is 0 Å². The molecule has 1 aromatic heterocycles. The first-order chi connectivity index (χ1) is 10.2. The fourth-order valence-electron chi connectivity index (χ4n) is 2.11. The van der Waals surface area contributed by atoms with Crippen LogP contribution in [0.15, 0.2) is 36.8 Å². The van der Waals surface area contributed by atoms with Gasteiger partial charge in [0.05, 0.1) is 18.6 Å². The van der Waals surface area contributed by atoms with Crippen LogP contribution in [0.4, 0.5) is 0 Å². The molecule has 0 unspecified atom stereocenters. The molecule has 3 nitrogen and oxygen atoms in total. The topological polar surface area (TPSA) is 27.1 Å². The van der Waals surface area contributed by atoms with Crippen molar-refractivity contribution in [1.82, 2.24) is 9.55 Å². The number of benzene rings is 1. The molecule has 0 aliphatic heterocycles. The molecule has 0 N–H and O–H groups in total. The summed E-state index contributed by atoms with van der Waals surface area (Å²) in [5.41, 5.74) is 2.17. The molecule has 0 saturated heterocycles. The van der Waals surface area contributed by atoms with Crippen molar-refractivity contribution in [1.29, 1.82) is 0 Å². The smallest absolute Gasteiger partial charge is 0.119 e. The number of unbranched alkanes of at least 4 members (excludes halogenated alkanes) is 1. The standard InChI is InChI=1S/C18H26N2O/c1-4-5-11-20-13-18(19-14-20)16-6-8-17(9-7-16)21-12-10-15(2)3/h6-9,13-15H,4-5,10-12H2,1-3H3. The van der Waals surface area contributed by atoms with Gasteiger partial charge < -0.3 is 9.30 Å². The molecule has 0 aliphatic carbocycles. The van der Waals surface area contributed by atoms with Gasteiger partial charge in [-0.3, -0.25) is 0 Å². The summed E-state index contributed by atoms with van der Waals surface area (Å²) in [4.78, 5) is 4.48. The molecule has 0 aliphatic rings. The molecule has 1 aromatic carbocycles. The van der Waals surface area contributed by atoms with Crippen LogP contribution in [0.5, 0.6) is 5.75 Å². The molecule has 1 heterocycles. The predicted octanol–water partition coefficient (Wildman–Crippen LogP) is 4.78. The summed E-state index contributed by atoms with van der Waals surface area (Å²) >= 11 is 0. The van der Waals surface area contributed by atoms with Gasteiger partial charge in [-0.25, -0.2) is 4.98 Å². The molecule has 0 radical (unpaired) electrons. The van der Waals surface area contributed by atoms with Gasteiger partial charge in [-0.1, -0.05) is 27.2 Å². The highest BCUT2D eigenvalue weighted by atomic mass is 16.5. The number of hydrogen-bond acceptors (Lipinski definition) is 2. The van der Waals surface area contributed by atoms with Crippen molar-refractivity contribution in [3.8, 4) is 17.0 Å². The van der Waals surface area contributed by atoms with E-state index in [1.54, 1.807) is 0 Å². The van der Waals surface area contributed by atoms with Gasteiger partial charge in [-0.15, -0.1) is 0 Å². The highest BCUT2D eigenvalue weighted by Crippen LogP contribution is 2.21. The molecule has 21 heavy (non-hydrogen) atoms. The first-order valence-corrected chi connectivity index (χ1v) is 7.94. The molecular formula is C18H26N2O. The van der Waals surface area contributed by atoms with Crippen LogP contribution in [0.1, 0.15) is 40.0 Å². The maximum absolute atomic E-state index is 5.74. The minimum Gasteiger partial charge on any atom is -0.494 e. The second-order valence-corrected chi connectivity index (χ2v) is 5.91. The van der Waals surface area contributed by atoms with Gasteiger partial charge in [0.1, 0.15) is 5.75 Å². The Labute approximate surface area is 128 Å². The maximum Gasteiger partial charge on any atom is 0.119 e. The summed E-state index contributed by atoms with van der Waals surface area (Å²) in [5, 5.41) is 0. The largest absolute Gasteiger partial charge is 0.494 e. The number of rotatable bonds is 8. The van der Waals surface area contributed by atoms with Gasteiger partial charge in [-0.2, -0.15) is 0 Å². The molecule has 0 saturated carbocycles. The Morgan fingerprint density at radius 3 is 2.62 bits per heavy atom. The van der Waals surface area contributed by atoms with Gasteiger partial charge in [0.15, 0.2) is 0 Å². The minimum atomic E-state index is 0.677. The Balaban J connectivity index is 1.93. The van der Waals surface area contributed by atoms with Gasteiger partial charge in [0.2, 0.25) is 0 Å². The molecule has 2 aromatic rings. The Morgan fingerprint density at radius 2 is 1.95 bits per heavy atom. The Bertz CT molecular complexity index is 528. The van der Waals surface area contributed by atoms with Crippen molar-refractivity contribution in [2.45, 2.75) is 46.6 Å². The summed E-state index contributed by atoms with van der Waals surface area (Å²) < 4.78 is 7.90. The van der Waals surface area contributed by atoms with Crippen molar-refractivity contribution in [2.75, 3.05) is 6.61 Å². The fraction of sp³-hybridized carbons (Fsp3) is 0.500. The third-order valence-corrected chi connectivity index (χ3v) is 3.52. The molecule has 0 bridgehead atoms. The first-order valence-electron chi connectivity index (χ1n) is 7.94. The van der Waals surface area contributed by atoms with Crippen LogP contribution in [-0.4, -0.2) is 16.2 Å². The average molecular weight is 286 g/mol. The normalized spacial score (nSPS) is 11.0. The zero-order valence-electron chi connectivity index (χ0n) is 13.4. The van der Waals surface area contributed by atoms with Crippen molar-refractivity contribution < 1.29 is 4.74 Å². The second-order valence-electron chi connectivity index (χ2n) is 5.91. The summed E-state index contributed by atoms with van der Waals surface area (Å²) in [7, 11) is 0. The lowest BCUT2D eigenvalue weighted by atomic mass is 10.1. The van der Waals surface area contributed by atoms with E-state index in [4.69, 9.17) is 4.74 Å². The van der Waals surface area contributed by atoms with E-state index in [0.29, 0.717) is 5.92 Å². The van der Waals surface area contributed by atoms with E-state index >= 15 is 0 Å². The molecule has 0 spiro atoms. The quantitative estimate of drug-likeness (QED) is 0.698. The van der Waals surface area contributed by atoms with Crippen LogP contribution in [0.25, 0.3) is 11.3 Å². The van der Waals surface area contributed by atoms with Crippen LogP contribution in [0.3, 0.4) is 0 Å². The number of nitrogens with zero attached hydrogens (tertiary/aromatic N) is 2. The van der Waals surface area contributed by atoms with Crippen LogP contribution >= 0.6 is 0 Å². The second kappa shape index (κ2) is 7.87. The summed E-state index contributed by atoms with van der Waals surface area (Å²) in [6.07, 6.45) is 7.51. The number of hydrogen-bond donors (Lipinski definition) is 0. The van der Waals surface area contributed by atoms with Crippen molar-refractivity contribution in [2.24, 2.45) is 5.92 Å². The Hall–Kier alpha value is -1.77. The van der Waals surface area contributed by atoms with E-state index in [9.17, 15) is 0 Å². The summed E-state index contributed by atoms with van der Waals surface area (Å²) in [6, 6.07) is 8.22. The van der Waals surface area contributed by atoms with E-state index in [-0.39, 0.29) is 0 Å². The highest BCUT2D eigenvalue weighted by Gasteiger charge is 2.03. The molecule has 114 valence electrons. The lowest BCUT2D eigenvalue weighted by Crippen LogP contribution is -2.01. The average Bonchev–Trinajstić information content (AvgIpc) is 2.94. The number of ether oxygens (including phenoxy) is 1. The van der Waals surface area contributed by atoms with Crippen LogP contribution in [0.2, 0.25) is 0 Å². The van der Waals surface area contributed by atoms with Crippen LogP contribution in [0, 0.1) is 5.92 Å². The van der Waals surface area contributed by atoms with E-state index in [1.807, 2.05) is 18.5 Å². The SMILES string of the molecule is CCCCn1cnc(-c2ccc(OCCC(C)C)cc2)c1. The predicted molar refractivity (Wildman–Crippen MR) is 87.5 cm³/mol. The van der Waals surface area contributed by atoms with E-state index in [2.05, 4.69) is 48.7 Å². The zero-order chi connectivity index (χ0) is 15.1. The van der Waals surface area contributed by atoms with Gasteiger partial charge in [-0.05, 0) is 43.0 Å². The van der Waals surface area contributed by atoms with Gasteiger partial charge in [0, 0.05) is 18.3 Å². The van der Waals surface area contributed by atoms with Crippen LogP contribution in [-0.2, 0) is 6.54 Å². The molecule has 3 heteroatoms. The zero-order valence-corrected chi connectivity index (χ0v) is 13.4. The number of imidazole rings is 1. The summed E-state index contributed by atoms with van der Waals surface area (Å²) in [6.45, 7) is 8.45. The molecule has 0 atom stereocenters. The van der Waals surface area contributed by atoms with Crippen molar-refractivity contribution >= 4 is 0 Å². The van der Waals surface area contributed by atoms with Crippen LogP contribution < -0.4 is 4.74 Å². The number of aromatic nitrogens is 2. The lowest BCUT2D eigenvalue weighted by Gasteiger charge is -2.08. The minimum absolute atomic E-state index is 0.677. The van der Waals surface area contributed by atoms with E-state index in [1.165, 1.54) is 12.8 Å². The molecular weight excluding hydrogens is 260 g/mol. The monoisotopic (exact) mass is 286 g/mol.